The lowest BCUT2D eigenvalue weighted by Gasteiger charge is -2.24. The van der Waals surface area contributed by atoms with Crippen molar-refractivity contribution in [2.24, 2.45) is 11.8 Å². The molecule has 0 aliphatic heterocycles. The van der Waals surface area contributed by atoms with Gasteiger partial charge in [0.2, 0.25) is 0 Å². The summed E-state index contributed by atoms with van der Waals surface area (Å²) in [4.78, 5) is 11.5. The van der Waals surface area contributed by atoms with Crippen LogP contribution in [-0.2, 0) is 4.79 Å². The van der Waals surface area contributed by atoms with E-state index >= 15 is 0 Å². The molecule has 0 aromatic carbocycles. The Morgan fingerprint density at radius 2 is 2.08 bits per heavy atom. The topological polar surface area (TPSA) is 37.3 Å². The first-order valence-electron chi connectivity index (χ1n) is 5.08. The summed E-state index contributed by atoms with van der Waals surface area (Å²) in [7, 11) is 0. The highest BCUT2D eigenvalue weighted by Crippen LogP contribution is 2.43. The van der Waals surface area contributed by atoms with Crippen LogP contribution >= 0.6 is 0 Å². The first-order valence-corrected chi connectivity index (χ1v) is 5.08. The van der Waals surface area contributed by atoms with E-state index in [-0.39, 0.29) is 17.6 Å². The van der Waals surface area contributed by atoms with E-state index in [0.717, 1.165) is 31.3 Å². The van der Waals surface area contributed by atoms with Crippen LogP contribution in [0.4, 0.5) is 0 Å². The van der Waals surface area contributed by atoms with Crippen molar-refractivity contribution in [3.63, 3.8) is 0 Å². The van der Waals surface area contributed by atoms with E-state index in [9.17, 15) is 9.90 Å². The van der Waals surface area contributed by atoms with Gasteiger partial charge in [-0.1, -0.05) is 18.6 Å². The molecule has 2 fully saturated rings. The van der Waals surface area contributed by atoms with E-state index in [0.29, 0.717) is 6.42 Å². The van der Waals surface area contributed by atoms with E-state index in [1.54, 1.807) is 0 Å². The summed E-state index contributed by atoms with van der Waals surface area (Å²) in [5, 5.41) is 9.87. The number of Topliss-reactive ketones (excluding diaryl/α,β-unsaturated/α-hetero) is 1. The second-order valence-corrected chi connectivity index (χ2v) is 4.28. The fraction of sp³-hybridized carbons (Fsp3) is 0.727. The second-order valence-electron chi connectivity index (χ2n) is 4.28. The minimum absolute atomic E-state index is 0.0852. The molecule has 3 atom stereocenters. The summed E-state index contributed by atoms with van der Waals surface area (Å²) in [6, 6.07) is 0. The van der Waals surface area contributed by atoms with E-state index in [4.69, 9.17) is 0 Å². The molecular weight excluding hydrogens is 164 g/mol. The van der Waals surface area contributed by atoms with Crippen molar-refractivity contribution in [2.45, 2.75) is 38.2 Å². The molecule has 0 aromatic heterocycles. The van der Waals surface area contributed by atoms with Crippen LogP contribution < -0.4 is 0 Å². The van der Waals surface area contributed by atoms with Crippen LogP contribution in [0, 0.1) is 11.8 Å². The van der Waals surface area contributed by atoms with Gasteiger partial charge in [-0.2, -0.15) is 0 Å². The largest absolute Gasteiger partial charge is 0.392 e. The molecular formula is C11H16O2. The zero-order valence-electron chi connectivity index (χ0n) is 7.83. The molecule has 0 aromatic rings. The van der Waals surface area contributed by atoms with Crippen molar-refractivity contribution in [3.05, 3.63) is 12.2 Å². The van der Waals surface area contributed by atoms with Gasteiger partial charge in [-0.3, -0.25) is 4.79 Å². The Morgan fingerprint density at radius 1 is 1.38 bits per heavy atom. The standard InChI is InChI=1S/C11H16O2/c1-7-6-9(7)11(13)8-4-2-3-5-10(8)12/h8-9,11,13H,1-6H2. The molecule has 2 saturated carbocycles. The van der Waals surface area contributed by atoms with Crippen LogP contribution in [0.15, 0.2) is 12.2 Å². The van der Waals surface area contributed by atoms with Gasteiger partial charge in [0.1, 0.15) is 5.78 Å². The molecule has 0 heterocycles. The number of hydrogen-bond acceptors (Lipinski definition) is 2. The van der Waals surface area contributed by atoms with Gasteiger partial charge in [0.25, 0.3) is 0 Å². The maximum atomic E-state index is 11.5. The fourth-order valence-electron chi connectivity index (χ4n) is 2.24. The summed E-state index contributed by atoms with van der Waals surface area (Å²) in [5.41, 5.74) is 1.12. The third kappa shape index (κ3) is 1.68. The number of carbonyl (C=O) groups excluding carboxylic acids is 1. The Morgan fingerprint density at radius 3 is 2.62 bits per heavy atom. The predicted molar refractivity (Wildman–Crippen MR) is 50.2 cm³/mol. The van der Waals surface area contributed by atoms with Gasteiger partial charge in [-0.15, -0.1) is 0 Å². The van der Waals surface area contributed by atoms with E-state index in [1.165, 1.54) is 0 Å². The molecule has 3 unspecified atom stereocenters. The highest BCUT2D eigenvalue weighted by molar-refractivity contribution is 5.82. The maximum absolute atomic E-state index is 11.5. The monoisotopic (exact) mass is 180 g/mol. The number of ketones is 1. The quantitative estimate of drug-likeness (QED) is 0.656. The lowest BCUT2D eigenvalue weighted by molar-refractivity contribution is -0.128. The van der Waals surface area contributed by atoms with Crippen molar-refractivity contribution in [3.8, 4) is 0 Å². The van der Waals surface area contributed by atoms with Gasteiger partial charge in [-0.05, 0) is 19.3 Å². The lowest BCUT2D eigenvalue weighted by atomic mass is 9.82. The van der Waals surface area contributed by atoms with Gasteiger partial charge in [-0.25, -0.2) is 0 Å². The minimum atomic E-state index is -0.430. The van der Waals surface area contributed by atoms with Gasteiger partial charge < -0.3 is 5.11 Å². The Balaban J connectivity index is 1.97. The van der Waals surface area contributed by atoms with Crippen molar-refractivity contribution in [2.75, 3.05) is 0 Å². The molecule has 0 saturated heterocycles. The van der Waals surface area contributed by atoms with Crippen LogP contribution in [0.1, 0.15) is 32.1 Å². The van der Waals surface area contributed by atoms with Crippen LogP contribution in [-0.4, -0.2) is 17.0 Å². The highest BCUT2D eigenvalue weighted by atomic mass is 16.3. The predicted octanol–water partition coefficient (Wildman–Crippen LogP) is 1.68. The van der Waals surface area contributed by atoms with Crippen molar-refractivity contribution >= 4 is 5.78 Å². The van der Waals surface area contributed by atoms with Gasteiger partial charge in [0.15, 0.2) is 0 Å². The summed E-state index contributed by atoms with van der Waals surface area (Å²) in [6.45, 7) is 3.82. The van der Waals surface area contributed by atoms with Crippen LogP contribution in [0.2, 0.25) is 0 Å². The minimum Gasteiger partial charge on any atom is -0.392 e. The van der Waals surface area contributed by atoms with Gasteiger partial charge >= 0.3 is 0 Å². The molecule has 0 amide bonds. The van der Waals surface area contributed by atoms with E-state index < -0.39 is 6.10 Å². The zero-order chi connectivity index (χ0) is 9.42. The third-order valence-corrected chi connectivity index (χ3v) is 3.27. The van der Waals surface area contributed by atoms with Crippen molar-refractivity contribution < 1.29 is 9.90 Å². The average Bonchev–Trinajstić information content (AvgIpc) is 2.82. The molecule has 2 nitrogen and oxygen atoms in total. The lowest BCUT2D eigenvalue weighted by Crippen LogP contribution is -2.32. The first-order chi connectivity index (χ1) is 6.20. The molecule has 0 spiro atoms. The number of rotatable bonds is 2. The van der Waals surface area contributed by atoms with Crippen LogP contribution in [0.5, 0.6) is 0 Å². The molecule has 0 radical (unpaired) electrons. The molecule has 2 aliphatic carbocycles. The summed E-state index contributed by atoms with van der Waals surface area (Å²) < 4.78 is 0. The molecule has 13 heavy (non-hydrogen) atoms. The average molecular weight is 180 g/mol. The smallest absolute Gasteiger partial charge is 0.138 e. The molecule has 2 aliphatic rings. The normalized spacial score (nSPS) is 36.1. The molecule has 0 bridgehead atoms. The van der Waals surface area contributed by atoms with Gasteiger partial charge in [0.05, 0.1) is 6.10 Å². The molecule has 2 rings (SSSR count). The number of hydrogen-bond donors (Lipinski definition) is 1. The number of carbonyl (C=O) groups is 1. The van der Waals surface area contributed by atoms with Crippen LogP contribution in [0.25, 0.3) is 0 Å². The summed E-state index contributed by atoms with van der Waals surface area (Å²) in [5.74, 6) is 0.406. The Bertz CT molecular complexity index is 244. The zero-order valence-corrected chi connectivity index (χ0v) is 7.83. The summed E-state index contributed by atoms with van der Waals surface area (Å²) in [6.07, 6.45) is 4.14. The molecule has 72 valence electrons. The van der Waals surface area contributed by atoms with Crippen LogP contribution in [0.3, 0.4) is 0 Å². The number of aliphatic hydroxyl groups excluding tert-OH is 1. The third-order valence-electron chi connectivity index (χ3n) is 3.27. The highest BCUT2D eigenvalue weighted by Gasteiger charge is 2.41. The number of aliphatic hydroxyl groups is 1. The fourth-order valence-corrected chi connectivity index (χ4v) is 2.24. The van der Waals surface area contributed by atoms with Crippen molar-refractivity contribution in [1.29, 1.82) is 0 Å². The summed E-state index contributed by atoms with van der Waals surface area (Å²) >= 11 is 0. The SMILES string of the molecule is C=C1CC1C(O)C1CCCCC1=O. The first kappa shape index (κ1) is 8.95. The van der Waals surface area contributed by atoms with Gasteiger partial charge in [0, 0.05) is 18.3 Å². The van der Waals surface area contributed by atoms with Crippen molar-refractivity contribution in [1.82, 2.24) is 0 Å². The Labute approximate surface area is 78.6 Å². The molecule has 2 heteroatoms. The maximum Gasteiger partial charge on any atom is 0.138 e. The Hall–Kier alpha value is -0.630. The molecule has 1 N–H and O–H groups in total. The van der Waals surface area contributed by atoms with E-state index in [2.05, 4.69) is 6.58 Å². The second kappa shape index (κ2) is 3.26. The Kier molecular flexibility index (Phi) is 2.24. The van der Waals surface area contributed by atoms with E-state index in [1.807, 2.05) is 0 Å².